The zero-order chi connectivity index (χ0) is 9.35. The molecule has 0 saturated heterocycles. The largest absolute Gasteiger partial charge is 0.435 e. The Bertz CT molecular complexity index is 297. The fourth-order valence-electron chi connectivity index (χ4n) is 0.673. The fraction of sp³-hybridized carbons (Fsp3) is 0.167. The van der Waals surface area contributed by atoms with Gasteiger partial charge in [0.2, 0.25) is 0 Å². The summed E-state index contributed by atoms with van der Waals surface area (Å²) in [5.74, 6) is 0. The average Bonchev–Trinajstić information content (AvgIpc) is 1.92. The van der Waals surface area contributed by atoms with Crippen molar-refractivity contribution in [1.82, 2.24) is 4.98 Å². The number of pyridine rings is 1. The highest BCUT2D eigenvalue weighted by Crippen LogP contribution is 2.32. The summed E-state index contributed by atoms with van der Waals surface area (Å²) < 4.78 is 36.1. The zero-order valence-corrected chi connectivity index (χ0v) is 6.45. The quantitative estimate of drug-likeness (QED) is 0.647. The van der Waals surface area contributed by atoms with Crippen LogP contribution < -0.4 is 5.73 Å². The molecule has 12 heavy (non-hydrogen) atoms. The summed E-state index contributed by atoms with van der Waals surface area (Å²) >= 11 is 5.26. The predicted molar refractivity (Wildman–Crippen MR) is 38.7 cm³/mol. The molecule has 1 heterocycles. The highest BCUT2D eigenvalue weighted by Gasteiger charge is 2.35. The molecule has 0 amide bonds. The summed E-state index contributed by atoms with van der Waals surface area (Å²) in [7, 11) is 0. The number of nitrogens with two attached hydrogens (primary N) is 1. The minimum absolute atomic E-state index is 0.225. The number of alkyl halides is 3. The molecular weight excluding hydrogens is 193 g/mol. The molecule has 2 N–H and O–H groups in total. The molecule has 66 valence electrons. The van der Waals surface area contributed by atoms with Gasteiger partial charge < -0.3 is 5.73 Å². The first-order chi connectivity index (χ1) is 5.41. The van der Waals surface area contributed by atoms with Crippen LogP contribution in [0.25, 0.3) is 0 Å². The number of nitrogen functional groups attached to an aromatic ring is 1. The van der Waals surface area contributed by atoms with Crippen molar-refractivity contribution in [2.45, 2.75) is 6.18 Å². The van der Waals surface area contributed by atoms with E-state index < -0.39 is 17.6 Å². The minimum atomic E-state index is -4.55. The third kappa shape index (κ3) is 1.79. The molecule has 0 saturated carbocycles. The summed E-state index contributed by atoms with van der Waals surface area (Å²) in [6.45, 7) is 0. The number of anilines is 1. The van der Waals surface area contributed by atoms with Gasteiger partial charge >= 0.3 is 6.18 Å². The van der Waals surface area contributed by atoms with Crippen LogP contribution in [0.3, 0.4) is 0 Å². The summed E-state index contributed by atoms with van der Waals surface area (Å²) in [5, 5.41) is -0.225. The predicted octanol–water partition coefficient (Wildman–Crippen LogP) is 2.34. The van der Waals surface area contributed by atoms with E-state index in [-0.39, 0.29) is 5.15 Å². The van der Waals surface area contributed by atoms with Crippen molar-refractivity contribution in [3.05, 3.63) is 23.0 Å². The Morgan fingerprint density at radius 3 is 2.33 bits per heavy atom. The van der Waals surface area contributed by atoms with E-state index in [2.05, 4.69) is 4.98 Å². The second kappa shape index (κ2) is 2.82. The maximum atomic E-state index is 12.0. The average molecular weight is 197 g/mol. The van der Waals surface area contributed by atoms with Crippen molar-refractivity contribution in [2.75, 3.05) is 5.73 Å². The second-order valence-corrected chi connectivity index (χ2v) is 2.46. The Morgan fingerprint density at radius 2 is 1.92 bits per heavy atom. The van der Waals surface area contributed by atoms with Gasteiger partial charge in [0, 0.05) is 0 Å². The lowest BCUT2D eigenvalue weighted by molar-refractivity contribution is -0.140. The van der Waals surface area contributed by atoms with Gasteiger partial charge in [-0.1, -0.05) is 11.6 Å². The molecule has 1 rings (SSSR count). The van der Waals surface area contributed by atoms with Crippen molar-refractivity contribution < 1.29 is 13.2 Å². The third-order valence-corrected chi connectivity index (χ3v) is 1.37. The van der Waals surface area contributed by atoms with E-state index in [9.17, 15) is 13.2 Å². The molecule has 0 atom stereocenters. The molecule has 0 fully saturated rings. The molecule has 0 spiro atoms. The van der Waals surface area contributed by atoms with Crippen LogP contribution in [0.15, 0.2) is 12.1 Å². The first kappa shape index (κ1) is 9.12. The summed E-state index contributed by atoms with van der Waals surface area (Å²) in [6, 6.07) is 2.27. The van der Waals surface area contributed by atoms with Gasteiger partial charge in [-0.05, 0) is 12.1 Å². The van der Waals surface area contributed by atoms with Gasteiger partial charge in [0.25, 0.3) is 0 Å². The Balaban J connectivity index is 3.23. The SMILES string of the molecule is Nc1ccc(Cl)nc1C(F)(F)F. The van der Waals surface area contributed by atoms with E-state index >= 15 is 0 Å². The maximum absolute atomic E-state index is 12.0. The number of hydrogen-bond donors (Lipinski definition) is 1. The molecule has 0 aromatic carbocycles. The molecule has 0 aliphatic carbocycles. The lowest BCUT2D eigenvalue weighted by Gasteiger charge is -2.07. The Kier molecular flexibility index (Phi) is 2.14. The smallest absolute Gasteiger partial charge is 0.397 e. The van der Waals surface area contributed by atoms with Crippen molar-refractivity contribution in [1.29, 1.82) is 0 Å². The van der Waals surface area contributed by atoms with Crippen LogP contribution in [0, 0.1) is 0 Å². The molecule has 0 unspecified atom stereocenters. The third-order valence-electron chi connectivity index (χ3n) is 1.16. The minimum Gasteiger partial charge on any atom is -0.397 e. The molecule has 0 bridgehead atoms. The molecule has 1 aromatic rings. The highest BCUT2D eigenvalue weighted by molar-refractivity contribution is 6.29. The van der Waals surface area contributed by atoms with Crippen LogP contribution in [0.4, 0.5) is 18.9 Å². The van der Waals surface area contributed by atoms with Crippen LogP contribution in [-0.2, 0) is 6.18 Å². The van der Waals surface area contributed by atoms with E-state index in [1.54, 1.807) is 0 Å². The molecule has 2 nitrogen and oxygen atoms in total. The topological polar surface area (TPSA) is 38.9 Å². The van der Waals surface area contributed by atoms with Crippen LogP contribution in [-0.4, -0.2) is 4.98 Å². The van der Waals surface area contributed by atoms with E-state index in [1.165, 1.54) is 6.07 Å². The van der Waals surface area contributed by atoms with Crippen molar-refractivity contribution in [3.63, 3.8) is 0 Å². The Morgan fingerprint density at radius 1 is 1.33 bits per heavy atom. The second-order valence-electron chi connectivity index (χ2n) is 2.07. The number of halogens is 4. The molecule has 1 aromatic heterocycles. The summed E-state index contributed by atoms with van der Waals surface area (Å²) in [4.78, 5) is 3.06. The van der Waals surface area contributed by atoms with Crippen molar-refractivity contribution in [3.8, 4) is 0 Å². The Labute approximate surface area is 71.2 Å². The highest BCUT2D eigenvalue weighted by atomic mass is 35.5. The molecule has 0 aliphatic heterocycles. The lowest BCUT2D eigenvalue weighted by atomic mass is 10.3. The van der Waals surface area contributed by atoms with Gasteiger partial charge in [-0.3, -0.25) is 0 Å². The molecular formula is C6H4ClF3N2. The molecule has 0 radical (unpaired) electrons. The Hall–Kier alpha value is -0.970. The number of rotatable bonds is 0. The van der Waals surface area contributed by atoms with E-state index in [1.807, 2.05) is 0 Å². The van der Waals surface area contributed by atoms with E-state index in [0.29, 0.717) is 0 Å². The van der Waals surface area contributed by atoms with Crippen LogP contribution >= 0.6 is 11.6 Å². The standard InChI is InChI=1S/C6H4ClF3N2/c7-4-2-1-3(11)5(12-4)6(8,9)10/h1-2H,11H2. The van der Waals surface area contributed by atoms with Gasteiger partial charge in [-0.25, -0.2) is 4.98 Å². The number of aromatic nitrogens is 1. The van der Waals surface area contributed by atoms with Crippen molar-refractivity contribution >= 4 is 17.3 Å². The molecule has 6 heteroatoms. The van der Waals surface area contributed by atoms with Crippen LogP contribution in [0.2, 0.25) is 5.15 Å². The van der Waals surface area contributed by atoms with Gasteiger partial charge in [-0.15, -0.1) is 0 Å². The first-order valence-corrected chi connectivity index (χ1v) is 3.28. The number of hydrogen-bond acceptors (Lipinski definition) is 2. The summed E-state index contributed by atoms with van der Waals surface area (Å²) in [6.07, 6.45) is -4.55. The van der Waals surface area contributed by atoms with Crippen LogP contribution in [0.1, 0.15) is 5.69 Å². The monoisotopic (exact) mass is 196 g/mol. The maximum Gasteiger partial charge on any atom is 0.435 e. The first-order valence-electron chi connectivity index (χ1n) is 2.90. The molecule has 0 aliphatic rings. The van der Waals surface area contributed by atoms with Gasteiger partial charge in [0.15, 0.2) is 5.69 Å². The van der Waals surface area contributed by atoms with Crippen molar-refractivity contribution in [2.24, 2.45) is 0 Å². The fourth-order valence-corrected chi connectivity index (χ4v) is 0.821. The number of nitrogens with zero attached hydrogens (tertiary/aromatic N) is 1. The zero-order valence-electron chi connectivity index (χ0n) is 5.69. The summed E-state index contributed by atoms with van der Waals surface area (Å²) in [5.41, 5.74) is 3.47. The van der Waals surface area contributed by atoms with E-state index in [4.69, 9.17) is 17.3 Å². The van der Waals surface area contributed by atoms with Gasteiger partial charge in [0.05, 0.1) is 5.69 Å². The normalized spacial score (nSPS) is 11.7. The van der Waals surface area contributed by atoms with E-state index in [0.717, 1.165) is 6.07 Å². The van der Waals surface area contributed by atoms with Gasteiger partial charge in [0.1, 0.15) is 5.15 Å². The lowest BCUT2D eigenvalue weighted by Crippen LogP contribution is -2.11. The van der Waals surface area contributed by atoms with Gasteiger partial charge in [-0.2, -0.15) is 13.2 Å². The van der Waals surface area contributed by atoms with Crippen LogP contribution in [0.5, 0.6) is 0 Å².